The van der Waals surface area contributed by atoms with Gasteiger partial charge in [0.15, 0.2) is 0 Å². The van der Waals surface area contributed by atoms with Gasteiger partial charge >= 0.3 is 0 Å². The fourth-order valence-corrected chi connectivity index (χ4v) is 3.86. The van der Waals surface area contributed by atoms with E-state index >= 15 is 0 Å². The van der Waals surface area contributed by atoms with Gasteiger partial charge < -0.3 is 14.2 Å². The molecule has 2 aromatic rings. The standard InChI is InChI=1S/C30H46O3/c1-7-11-21-32-27-17-13-25(14-18-27)29(5,9-3)23-31-24-30(6,10-4)26-15-19-28(20-16-26)33-22-12-8-2/h13-20H,7-12,21-24H2,1-6H3. The molecule has 0 aliphatic carbocycles. The highest BCUT2D eigenvalue weighted by Gasteiger charge is 2.29. The highest BCUT2D eigenvalue weighted by atomic mass is 16.5. The number of hydrogen-bond acceptors (Lipinski definition) is 3. The van der Waals surface area contributed by atoms with Gasteiger partial charge in [-0.15, -0.1) is 0 Å². The molecule has 0 saturated heterocycles. The topological polar surface area (TPSA) is 27.7 Å². The van der Waals surface area contributed by atoms with Gasteiger partial charge in [-0.1, -0.05) is 78.6 Å². The van der Waals surface area contributed by atoms with Gasteiger partial charge in [0.2, 0.25) is 0 Å². The largest absolute Gasteiger partial charge is 0.494 e. The Balaban J connectivity index is 1.97. The molecule has 3 heteroatoms. The maximum atomic E-state index is 6.41. The molecule has 0 fully saturated rings. The van der Waals surface area contributed by atoms with Crippen LogP contribution in [-0.4, -0.2) is 26.4 Å². The van der Waals surface area contributed by atoms with Crippen molar-refractivity contribution < 1.29 is 14.2 Å². The van der Waals surface area contributed by atoms with E-state index in [0.29, 0.717) is 13.2 Å². The summed E-state index contributed by atoms with van der Waals surface area (Å²) >= 11 is 0. The van der Waals surface area contributed by atoms with Gasteiger partial charge in [0.1, 0.15) is 11.5 Å². The third-order valence-corrected chi connectivity index (χ3v) is 7.04. The molecule has 0 saturated carbocycles. The highest BCUT2D eigenvalue weighted by Crippen LogP contribution is 2.33. The average molecular weight is 455 g/mol. The summed E-state index contributed by atoms with van der Waals surface area (Å²) in [4.78, 5) is 0. The van der Waals surface area contributed by atoms with Gasteiger partial charge in [-0.3, -0.25) is 0 Å². The van der Waals surface area contributed by atoms with Crippen LogP contribution < -0.4 is 9.47 Å². The van der Waals surface area contributed by atoms with Crippen molar-refractivity contribution in [2.75, 3.05) is 26.4 Å². The lowest BCUT2D eigenvalue weighted by atomic mass is 9.79. The molecule has 0 amide bonds. The van der Waals surface area contributed by atoms with Gasteiger partial charge in [-0.2, -0.15) is 0 Å². The van der Waals surface area contributed by atoms with E-state index < -0.39 is 0 Å². The second-order valence-corrected chi connectivity index (χ2v) is 9.77. The molecular formula is C30H46O3. The Hall–Kier alpha value is -2.00. The molecule has 0 aliphatic rings. The molecule has 2 unspecified atom stereocenters. The van der Waals surface area contributed by atoms with Gasteiger partial charge in [0, 0.05) is 10.8 Å². The molecule has 33 heavy (non-hydrogen) atoms. The summed E-state index contributed by atoms with van der Waals surface area (Å²) < 4.78 is 18.1. The zero-order valence-electron chi connectivity index (χ0n) is 21.9. The van der Waals surface area contributed by atoms with Crippen LogP contribution in [0.1, 0.15) is 91.2 Å². The molecule has 0 aromatic heterocycles. The van der Waals surface area contributed by atoms with E-state index in [1.807, 2.05) is 0 Å². The molecule has 0 spiro atoms. The van der Waals surface area contributed by atoms with E-state index in [-0.39, 0.29) is 10.8 Å². The van der Waals surface area contributed by atoms with Crippen molar-refractivity contribution in [3.8, 4) is 11.5 Å². The minimum absolute atomic E-state index is 0.0203. The quantitative estimate of drug-likeness (QED) is 0.240. The van der Waals surface area contributed by atoms with Crippen molar-refractivity contribution in [1.82, 2.24) is 0 Å². The summed E-state index contributed by atoms with van der Waals surface area (Å²) in [5, 5.41) is 0. The lowest BCUT2D eigenvalue weighted by Crippen LogP contribution is -2.33. The monoisotopic (exact) mass is 454 g/mol. The number of rotatable bonds is 16. The normalized spacial score (nSPS) is 15.0. The molecule has 184 valence electrons. The number of benzene rings is 2. The summed E-state index contributed by atoms with van der Waals surface area (Å²) in [5.74, 6) is 1.90. The van der Waals surface area contributed by atoms with Crippen LogP contribution >= 0.6 is 0 Å². The van der Waals surface area contributed by atoms with Crippen molar-refractivity contribution in [1.29, 1.82) is 0 Å². The van der Waals surface area contributed by atoms with Gasteiger partial charge in [0.05, 0.1) is 26.4 Å². The first kappa shape index (κ1) is 27.2. The summed E-state index contributed by atoms with van der Waals surface area (Å²) in [7, 11) is 0. The van der Waals surface area contributed by atoms with Crippen LogP contribution in [0.3, 0.4) is 0 Å². The van der Waals surface area contributed by atoms with Gasteiger partial charge in [0.25, 0.3) is 0 Å². The number of unbranched alkanes of at least 4 members (excludes halogenated alkanes) is 2. The van der Waals surface area contributed by atoms with E-state index in [1.165, 1.54) is 11.1 Å². The first-order valence-electron chi connectivity index (χ1n) is 12.9. The predicted molar refractivity (Wildman–Crippen MR) is 140 cm³/mol. The van der Waals surface area contributed by atoms with Crippen LogP contribution in [-0.2, 0) is 15.6 Å². The van der Waals surface area contributed by atoms with Gasteiger partial charge in [-0.25, -0.2) is 0 Å². The molecule has 2 rings (SSSR count). The maximum absolute atomic E-state index is 6.41. The Kier molecular flexibility index (Phi) is 11.3. The SMILES string of the molecule is CCCCOc1ccc(C(C)(CC)COCC(C)(CC)c2ccc(OCCCC)cc2)cc1. The van der Waals surface area contributed by atoms with Crippen molar-refractivity contribution in [3.63, 3.8) is 0 Å². The summed E-state index contributed by atoms with van der Waals surface area (Å²) in [6.07, 6.45) is 6.53. The van der Waals surface area contributed by atoms with Crippen LogP contribution in [0.4, 0.5) is 0 Å². The Labute approximate surface area is 202 Å². The van der Waals surface area contributed by atoms with Crippen molar-refractivity contribution in [2.24, 2.45) is 0 Å². The minimum atomic E-state index is -0.0203. The Morgan fingerprint density at radius 1 is 0.576 bits per heavy atom. The van der Waals surface area contributed by atoms with Crippen molar-refractivity contribution in [3.05, 3.63) is 59.7 Å². The molecule has 0 heterocycles. The molecular weight excluding hydrogens is 408 g/mol. The molecule has 2 aromatic carbocycles. The molecule has 0 radical (unpaired) electrons. The lowest BCUT2D eigenvalue weighted by molar-refractivity contribution is 0.0510. The summed E-state index contributed by atoms with van der Waals surface area (Å²) in [6, 6.07) is 17.2. The molecule has 0 N–H and O–H groups in total. The fourth-order valence-electron chi connectivity index (χ4n) is 3.86. The number of hydrogen-bond donors (Lipinski definition) is 0. The van der Waals surface area contributed by atoms with Crippen molar-refractivity contribution in [2.45, 2.75) is 90.9 Å². The Morgan fingerprint density at radius 3 is 1.24 bits per heavy atom. The predicted octanol–water partition coefficient (Wildman–Crippen LogP) is 8.10. The zero-order chi connectivity index (χ0) is 24.2. The van der Waals surface area contributed by atoms with E-state index in [0.717, 1.165) is 63.2 Å². The molecule has 3 nitrogen and oxygen atoms in total. The lowest BCUT2D eigenvalue weighted by Gasteiger charge is -2.33. The van der Waals surface area contributed by atoms with E-state index in [1.54, 1.807) is 0 Å². The third-order valence-electron chi connectivity index (χ3n) is 7.04. The van der Waals surface area contributed by atoms with Crippen LogP contribution in [0.5, 0.6) is 11.5 Å². The van der Waals surface area contributed by atoms with Gasteiger partial charge in [-0.05, 0) is 61.1 Å². The van der Waals surface area contributed by atoms with Crippen LogP contribution in [0.15, 0.2) is 48.5 Å². The first-order chi connectivity index (χ1) is 15.9. The van der Waals surface area contributed by atoms with E-state index in [9.17, 15) is 0 Å². The summed E-state index contributed by atoms with van der Waals surface area (Å²) in [6.45, 7) is 16.4. The van der Waals surface area contributed by atoms with E-state index in [2.05, 4.69) is 90.1 Å². The zero-order valence-corrected chi connectivity index (χ0v) is 21.9. The van der Waals surface area contributed by atoms with E-state index in [4.69, 9.17) is 14.2 Å². The van der Waals surface area contributed by atoms with Crippen LogP contribution in [0.25, 0.3) is 0 Å². The first-order valence-corrected chi connectivity index (χ1v) is 12.9. The smallest absolute Gasteiger partial charge is 0.119 e. The molecule has 2 atom stereocenters. The fraction of sp³-hybridized carbons (Fsp3) is 0.600. The minimum Gasteiger partial charge on any atom is -0.494 e. The van der Waals surface area contributed by atoms with Crippen molar-refractivity contribution >= 4 is 0 Å². The Morgan fingerprint density at radius 2 is 0.939 bits per heavy atom. The maximum Gasteiger partial charge on any atom is 0.119 e. The van der Waals surface area contributed by atoms with Crippen LogP contribution in [0, 0.1) is 0 Å². The third kappa shape index (κ3) is 8.07. The molecule has 0 bridgehead atoms. The summed E-state index contributed by atoms with van der Waals surface area (Å²) in [5.41, 5.74) is 2.57. The average Bonchev–Trinajstić information content (AvgIpc) is 2.85. The second-order valence-electron chi connectivity index (χ2n) is 9.77. The Bertz CT molecular complexity index is 716. The number of ether oxygens (including phenoxy) is 3. The highest BCUT2D eigenvalue weighted by molar-refractivity contribution is 5.33. The van der Waals surface area contributed by atoms with Crippen LogP contribution in [0.2, 0.25) is 0 Å². The second kappa shape index (κ2) is 13.6. The molecule has 0 aliphatic heterocycles.